The maximum absolute atomic E-state index is 13.7. The molecule has 0 radical (unpaired) electrons. The summed E-state index contributed by atoms with van der Waals surface area (Å²) in [7, 11) is 5.22. The van der Waals surface area contributed by atoms with E-state index in [4.69, 9.17) is 5.73 Å². The van der Waals surface area contributed by atoms with Gasteiger partial charge in [0.05, 0.1) is 26.2 Å². The molecule has 320 valence electrons. The number of aliphatic imine (C=N–C) groups is 1. The third kappa shape index (κ3) is 21.3. The van der Waals surface area contributed by atoms with Crippen LogP contribution in [-0.4, -0.2) is 212 Å². The molecule has 0 bridgehead atoms. The predicted molar refractivity (Wildman–Crippen MR) is 211 cm³/mol. The van der Waals surface area contributed by atoms with Gasteiger partial charge in [0.25, 0.3) is 0 Å². The predicted octanol–water partition coefficient (Wildman–Crippen LogP) is -1.07. The Bertz CT molecular complexity index is 1250. The van der Waals surface area contributed by atoms with Gasteiger partial charge in [-0.1, -0.05) is 19.3 Å². The molecule has 2 fully saturated rings. The van der Waals surface area contributed by atoms with Gasteiger partial charge in [0, 0.05) is 99.6 Å². The van der Waals surface area contributed by atoms with Gasteiger partial charge >= 0.3 is 17.9 Å². The minimum atomic E-state index is -1.04. The van der Waals surface area contributed by atoms with Crippen LogP contribution in [-0.2, 0) is 28.8 Å². The molecule has 2 aliphatic rings. The quantitative estimate of drug-likeness (QED) is 0.0460. The molecule has 0 unspecified atom stereocenters. The van der Waals surface area contributed by atoms with E-state index in [1.165, 1.54) is 19.3 Å². The molecule has 19 nitrogen and oxygen atoms in total. The van der Waals surface area contributed by atoms with Crippen molar-refractivity contribution >= 4 is 41.6 Å². The molecule has 0 aromatic heterocycles. The molecule has 0 spiro atoms. The van der Waals surface area contributed by atoms with Crippen LogP contribution < -0.4 is 16.4 Å². The number of carbonyl (C=O) groups excluding carboxylic acids is 3. The van der Waals surface area contributed by atoms with Gasteiger partial charge in [-0.05, 0) is 44.4 Å². The largest absolute Gasteiger partial charge is 0.480 e. The van der Waals surface area contributed by atoms with Crippen LogP contribution in [0.1, 0.15) is 64.2 Å². The Morgan fingerprint density at radius 2 is 1.18 bits per heavy atom. The second kappa shape index (κ2) is 26.7. The average molecular weight is 797 g/mol. The number of guanidine groups is 1. The molecule has 1 aliphatic carbocycles. The lowest BCUT2D eigenvalue weighted by molar-refractivity contribution is -0.140. The first kappa shape index (κ1) is 48.1. The van der Waals surface area contributed by atoms with Gasteiger partial charge in [0.15, 0.2) is 5.96 Å². The molecule has 1 aliphatic heterocycles. The molecule has 1 atom stereocenters. The molecule has 1 saturated carbocycles. The molecular weight excluding hydrogens is 728 g/mol. The number of carboxylic acid groups (broad SMARTS) is 3. The summed E-state index contributed by atoms with van der Waals surface area (Å²) in [5.41, 5.74) is 5.93. The van der Waals surface area contributed by atoms with Gasteiger partial charge < -0.3 is 41.5 Å². The standard InChI is InChI=1S/C37H68N10O9/c1-42(2)37(38)39-14-9-12-30(36(56)43(3)15-8-7-13-31(48)40-24-29-10-5-4-6-11-29)41-32(49)25-44-16-18-45(26-33(50)51)20-22-47(28-35(54)55)23-21-46(19-17-44)27-34(52)53/h29-30H,4-28H2,1-3H3,(H2,38,39)(H,40,48)(H,41,49)(H,50,51)(H,52,53)(H,54,55)/t30-/m0/s1. The number of nitrogens with zero attached hydrogens (tertiary/aromatic N) is 7. The lowest BCUT2D eigenvalue weighted by atomic mass is 9.89. The zero-order valence-corrected chi connectivity index (χ0v) is 33.8. The van der Waals surface area contributed by atoms with Crippen LogP contribution in [0.25, 0.3) is 0 Å². The van der Waals surface area contributed by atoms with E-state index in [1.807, 2.05) is 4.90 Å². The summed E-state index contributed by atoms with van der Waals surface area (Å²) in [6.07, 6.45) is 8.40. The van der Waals surface area contributed by atoms with Crippen molar-refractivity contribution in [3.63, 3.8) is 0 Å². The number of hydrogen-bond donors (Lipinski definition) is 6. The number of hydrogen-bond acceptors (Lipinski definition) is 11. The smallest absolute Gasteiger partial charge is 0.317 e. The second-order valence-electron chi connectivity index (χ2n) is 15.2. The van der Waals surface area contributed by atoms with Gasteiger partial charge in [0.1, 0.15) is 6.04 Å². The fourth-order valence-electron chi connectivity index (χ4n) is 6.86. The van der Waals surface area contributed by atoms with Crippen LogP contribution in [0, 0.1) is 5.92 Å². The Kier molecular flexibility index (Phi) is 22.9. The molecule has 7 N–H and O–H groups in total. The zero-order valence-electron chi connectivity index (χ0n) is 33.8. The third-order valence-electron chi connectivity index (χ3n) is 10.2. The van der Waals surface area contributed by atoms with Gasteiger partial charge in [-0.2, -0.15) is 0 Å². The van der Waals surface area contributed by atoms with Crippen molar-refractivity contribution in [3.05, 3.63) is 0 Å². The first-order valence-electron chi connectivity index (χ1n) is 20.0. The van der Waals surface area contributed by atoms with Crippen molar-refractivity contribution in [2.75, 3.05) is 119 Å². The maximum Gasteiger partial charge on any atom is 0.317 e. The average Bonchev–Trinajstić information content (AvgIpc) is 3.14. The molecule has 1 saturated heterocycles. The number of carbonyl (C=O) groups is 6. The summed E-state index contributed by atoms with van der Waals surface area (Å²) in [6, 6.07) is -0.859. The summed E-state index contributed by atoms with van der Waals surface area (Å²) in [5, 5.41) is 34.4. The summed E-state index contributed by atoms with van der Waals surface area (Å²) in [4.78, 5) is 89.0. The molecule has 0 aromatic rings. The van der Waals surface area contributed by atoms with Crippen LogP contribution in [0.5, 0.6) is 0 Å². The minimum Gasteiger partial charge on any atom is -0.480 e. The second-order valence-corrected chi connectivity index (χ2v) is 15.2. The van der Waals surface area contributed by atoms with E-state index in [1.54, 1.807) is 45.6 Å². The summed E-state index contributed by atoms with van der Waals surface area (Å²) in [5.74, 6) is -2.90. The van der Waals surface area contributed by atoms with Gasteiger partial charge in [0.2, 0.25) is 17.7 Å². The van der Waals surface area contributed by atoms with Crippen molar-refractivity contribution in [3.8, 4) is 0 Å². The monoisotopic (exact) mass is 797 g/mol. The minimum absolute atomic E-state index is 0.0197. The number of aliphatic carboxylic acids is 3. The van der Waals surface area contributed by atoms with Gasteiger partial charge in [-0.15, -0.1) is 0 Å². The number of rotatable bonds is 21. The summed E-state index contributed by atoms with van der Waals surface area (Å²) >= 11 is 0. The number of nitrogens with two attached hydrogens (primary N) is 1. The topological polar surface area (TPSA) is 245 Å². The van der Waals surface area contributed by atoms with Crippen LogP contribution in [0.2, 0.25) is 0 Å². The number of unbranched alkanes of at least 4 members (excludes halogenated alkanes) is 1. The molecule has 56 heavy (non-hydrogen) atoms. The van der Waals surface area contributed by atoms with E-state index < -0.39 is 29.9 Å². The summed E-state index contributed by atoms with van der Waals surface area (Å²) < 4.78 is 0. The maximum atomic E-state index is 13.7. The number of amides is 3. The van der Waals surface area contributed by atoms with E-state index in [0.717, 1.165) is 19.4 Å². The Morgan fingerprint density at radius 3 is 1.64 bits per heavy atom. The van der Waals surface area contributed by atoms with Crippen molar-refractivity contribution in [2.24, 2.45) is 16.6 Å². The molecule has 2 rings (SSSR count). The van der Waals surface area contributed by atoms with E-state index in [9.17, 15) is 44.1 Å². The van der Waals surface area contributed by atoms with Crippen molar-refractivity contribution in [2.45, 2.75) is 70.3 Å². The van der Waals surface area contributed by atoms with Crippen molar-refractivity contribution in [1.29, 1.82) is 0 Å². The highest BCUT2D eigenvalue weighted by molar-refractivity contribution is 5.88. The van der Waals surface area contributed by atoms with E-state index in [2.05, 4.69) is 15.6 Å². The number of likely N-dealkylation sites (N-methyl/N-ethyl adjacent to an activating group) is 1. The van der Waals surface area contributed by atoms with Crippen molar-refractivity contribution < 1.29 is 44.1 Å². The Morgan fingerprint density at radius 1 is 0.696 bits per heavy atom. The number of carboxylic acids is 3. The SMILES string of the molecule is CN(C)C(N)=NCCC[C@H](NC(=O)CN1CCN(CC(=O)O)CCN(CC(=O)O)CCN(CC(=O)O)CC1)C(=O)N(C)CCCCC(=O)NCC1CCCCC1. The fraction of sp³-hybridized carbons (Fsp3) is 0.811. The normalized spacial score (nSPS) is 18.2. The van der Waals surface area contributed by atoms with E-state index in [0.29, 0.717) is 57.1 Å². The van der Waals surface area contributed by atoms with Crippen molar-refractivity contribution in [1.82, 2.24) is 40.0 Å². The van der Waals surface area contributed by atoms with Crippen LogP contribution in [0.4, 0.5) is 0 Å². The molecule has 3 amide bonds. The highest BCUT2D eigenvalue weighted by atomic mass is 16.4. The first-order chi connectivity index (χ1) is 26.6. The molecule has 0 aromatic carbocycles. The Hall–Kier alpha value is -4.07. The highest BCUT2D eigenvalue weighted by Crippen LogP contribution is 2.22. The molecule has 1 heterocycles. The summed E-state index contributed by atoms with van der Waals surface area (Å²) in [6.45, 7) is 2.61. The zero-order chi connectivity index (χ0) is 41.5. The molecule has 19 heteroatoms. The third-order valence-corrected chi connectivity index (χ3v) is 10.2. The Balaban J connectivity index is 2.09. The lowest BCUT2D eigenvalue weighted by Crippen LogP contribution is -2.52. The lowest BCUT2D eigenvalue weighted by Gasteiger charge is -2.33. The molecular formula is C37H68N10O9. The van der Waals surface area contributed by atoms with Crippen LogP contribution in [0.3, 0.4) is 0 Å². The first-order valence-corrected chi connectivity index (χ1v) is 20.0. The van der Waals surface area contributed by atoms with E-state index >= 15 is 0 Å². The fourth-order valence-corrected chi connectivity index (χ4v) is 6.86. The van der Waals surface area contributed by atoms with Gasteiger partial charge in [-0.25, -0.2) is 0 Å². The van der Waals surface area contributed by atoms with Crippen LogP contribution in [0.15, 0.2) is 4.99 Å². The highest BCUT2D eigenvalue weighted by Gasteiger charge is 2.26. The Labute approximate surface area is 331 Å². The van der Waals surface area contributed by atoms with Crippen LogP contribution >= 0.6 is 0 Å². The van der Waals surface area contributed by atoms with Gasteiger partial charge in [-0.3, -0.25) is 53.4 Å². The van der Waals surface area contributed by atoms with E-state index in [-0.39, 0.29) is 90.4 Å². The number of nitrogens with one attached hydrogen (secondary N) is 2.